The first-order valence-corrected chi connectivity index (χ1v) is 6.64. The zero-order valence-electron chi connectivity index (χ0n) is 10.9. The molecule has 1 aromatic heterocycles. The molecule has 1 fully saturated rings. The first kappa shape index (κ1) is 13.1. The lowest BCUT2D eigenvalue weighted by Gasteiger charge is -2.22. The van der Waals surface area contributed by atoms with E-state index in [-0.39, 0.29) is 5.56 Å². The number of hydrogen-bond acceptors (Lipinski definition) is 4. The van der Waals surface area contributed by atoms with Gasteiger partial charge in [0.25, 0.3) is 5.56 Å². The Hall–Kier alpha value is -1.36. The monoisotopic (exact) mass is 251 g/mol. The molecule has 0 unspecified atom stereocenters. The van der Waals surface area contributed by atoms with Gasteiger partial charge in [-0.15, -0.1) is 0 Å². The number of rotatable bonds is 5. The standard InChI is InChI=1S/C13H21N3O2/c1-16-9-7-14-12(13(16)17)15-8-10-18-11-5-3-2-4-6-11/h7,9,11H,2-6,8,10H2,1H3,(H,14,15). The van der Waals surface area contributed by atoms with Crippen molar-refractivity contribution in [3.05, 3.63) is 22.7 Å². The Balaban J connectivity index is 1.71. The molecule has 0 radical (unpaired) electrons. The second kappa shape index (κ2) is 6.54. The van der Waals surface area contributed by atoms with Crippen LogP contribution in [0.2, 0.25) is 0 Å². The van der Waals surface area contributed by atoms with Crippen LogP contribution in [0, 0.1) is 0 Å². The van der Waals surface area contributed by atoms with Crippen molar-refractivity contribution in [3.63, 3.8) is 0 Å². The summed E-state index contributed by atoms with van der Waals surface area (Å²) in [5.41, 5.74) is -0.102. The first-order chi connectivity index (χ1) is 8.77. The van der Waals surface area contributed by atoms with E-state index in [2.05, 4.69) is 10.3 Å². The SMILES string of the molecule is Cn1ccnc(NCCOC2CCCCC2)c1=O. The molecule has 1 aliphatic carbocycles. The maximum Gasteiger partial charge on any atom is 0.293 e. The molecule has 0 aliphatic heterocycles. The highest BCUT2D eigenvalue weighted by atomic mass is 16.5. The zero-order chi connectivity index (χ0) is 12.8. The predicted octanol–water partition coefficient (Wildman–Crippen LogP) is 1.54. The number of aryl methyl sites for hydroxylation is 1. The third kappa shape index (κ3) is 3.57. The van der Waals surface area contributed by atoms with Gasteiger partial charge in [-0.05, 0) is 12.8 Å². The molecule has 0 bridgehead atoms. The van der Waals surface area contributed by atoms with Crippen molar-refractivity contribution in [1.82, 2.24) is 9.55 Å². The molecule has 0 atom stereocenters. The average molecular weight is 251 g/mol. The maximum absolute atomic E-state index is 11.7. The molecule has 1 aromatic rings. The normalized spacial score (nSPS) is 16.7. The maximum atomic E-state index is 11.7. The van der Waals surface area contributed by atoms with Gasteiger partial charge in [-0.2, -0.15) is 0 Å². The zero-order valence-corrected chi connectivity index (χ0v) is 10.9. The summed E-state index contributed by atoms with van der Waals surface area (Å²) in [6.45, 7) is 1.26. The summed E-state index contributed by atoms with van der Waals surface area (Å²) in [6, 6.07) is 0. The number of nitrogens with one attached hydrogen (secondary N) is 1. The minimum Gasteiger partial charge on any atom is -0.376 e. The fraction of sp³-hybridized carbons (Fsp3) is 0.692. The smallest absolute Gasteiger partial charge is 0.293 e. The molecule has 0 amide bonds. The van der Waals surface area contributed by atoms with Crippen LogP contribution in [0.15, 0.2) is 17.2 Å². The van der Waals surface area contributed by atoms with Gasteiger partial charge in [-0.25, -0.2) is 4.98 Å². The van der Waals surface area contributed by atoms with Crippen LogP contribution in [0.25, 0.3) is 0 Å². The number of anilines is 1. The van der Waals surface area contributed by atoms with E-state index in [4.69, 9.17) is 4.74 Å². The van der Waals surface area contributed by atoms with Crippen molar-refractivity contribution in [3.8, 4) is 0 Å². The predicted molar refractivity (Wildman–Crippen MR) is 70.8 cm³/mol. The molecule has 0 aromatic carbocycles. The van der Waals surface area contributed by atoms with Crippen molar-refractivity contribution in [2.75, 3.05) is 18.5 Å². The van der Waals surface area contributed by atoms with Crippen LogP contribution in [0.4, 0.5) is 5.82 Å². The summed E-state index contributed by atoms with van der Waals surface area (Å²) in [5.74, 6) is 0.396. The van der Waals surface area contributed by atoms with Gasteiger partial charge in [0.1, 0.15) is 0 Å². The Morgan fingerprint density at radius 2 is 2.22 bits per heavy atom. The van der Waals surface area contributed by atoms with E-state index in [9.17, 15) is 4.79 Å². The van der Waals surface area contributed by atoms with Crippen molar-refractivity contribution in [2.45, 2.75) is 38.2 Å². The fourth-order valence-corrected chi connectivity index (χ4v) is 2.25. The van der Waals surface area contributed by atoms with Crippen molar-refractivity contribution in [2.24, 2.45) is 7.05 Å². The third-order valence-electron chi connectivity index (χ3n) is 3.32. The van der Waals surface area contributed by atoms with Crippen molar-refractivity contribution in [1.29, 1.82) is 0 Å². The Kier molecular flexibility index (Phi) is 4.75. The quantitative estimate of drug-likeness (QED) is 0.807. The lowest BCUT2D eigenvalue weighted by atomic mass is 9.98. The van der Waals surface area contributed by atoms with Crippen LogP contribution in [-0.4, -0.2) is 28.8 Å². The van der Waals surface area contributed by atoms with E-state index < -0.39 is 0 Å². The van der Waals surface area contributed by atoms with Gasteiger partial charge in [0.05, 0.1) is 12.7 Å². The molecule has 1 saturated carbocycles. The van der Waals surface area contributed by atoms with Gasteiger partial charge >= 0.3 is 0 Å². The van der Waals surface area contributed by atoms with Crippen LogP contribution in [0.3, 0.4) is 0 Å². The molecule has 1 N–H and O–H groups in total. The average Bonchev–Trinajstić information content (AvgIpc) is 2.40. The highest BCUT2D eigenvalue weighted by Gasteiger charge is 2.13. The molecule has 5 heteroatoms. The van der Waals surface area contributed by atoms with E-state index in [0.29, 0.717) is 25.1 Å². The van der Waals surface area contributed by atoms with E-state index in [1.54, 1.807) is 19.4 Å². The number of hydrogen-bond donors (Lipinski definition) is 1. The molecular formula is C13H21N3O2. The van der Waals surface area contributed by atoms with Gasteiger partial charge in [0, 0.05) is 26.0 Å². The van der Waals surface area contributed by atoms with Crippen LogP contribution >= 0.6 is 0 Å². The van der Waals surface area contributed by atoms with Crippen molar-refractivity contribution < 1.29 is 4.74 Å². The minimum atomic E-state index is -0.102. The lowest BCUT2D eigenvalue weighted by Crippen LogP contribution is -2.25. The summed E-state index contributed by atoms with van der Waals surface area (Å²) in [4.78, 5) is 15.7. The Morgan fingerprint density at radius 3 is 3.00 bits per heavy atom. The van der Waals surface area contributed by atoms with Gasteiger partial charge in [-0.1, -0.05) is 19.3 Å². The van der Waals surface area contributed by atoms with E-state index in [1.165, 1.54) is 36.7 Å². The minimum absolute atomic E-state index is 0.102. The fourth-order valence-electron chi connectivity index (χ4n) is 2.25. The molecule has 0 spiro atoms. The summed E-state index contributed by atoms with van der Waals surface area (Å²) >= 11 is 0. The molecule has 100 valence electrons. The van der Waals surface area contributed by atoms with Gasteiger partial charge in [-0.3, -0.25) is 4.79 Å². The molecule has 18 heavy (non-hydrogen) atoms. The van der Waals surface area contributed by atoms with Crippen molar-refractivity contribution >= 4 is 5.82 Å². The number of nitrogens with zero attached hydrogens (tertiary/aromatic N) is 2. The van der Waals surface area contributed by atoms with Gasteiger partial charge in [0.15, 0.2) is 5.82 Å². The lowest BCUT2D eigenvalue weighted by molar-refractivity contribution is 0.0347. The Bertz CT molecular complexity index is 424. The second-order valence-corrected chi connectivity index (χ2v) is 4.75. The van der Waals surface area contributed by atoms with E-state index >= 15 is 0 Å². The topological polar surface area (TPSA) is 56.1 Å². The van der Waals surface area contributed by atoms with Crippen LogP contribution in [-0.2, 0) is 11.8 Å². The van der Waals surface area contributed by atoms with Crippen LogP contribution < -0.4 is 10.9 Å². The van der Waals surface area contributed by atoms with Crippen LogP contribution in [0.1, 0.15) is 32.1 Å². The Labute approximate surface area is 107 Å². The van der Waals surface area contributed by atoms with Gasteiger partial charge in [0.2, 0.25) is 0 Å². The summed E-state index contributed by atoms with van der Waals surface area (Å²) in [6.07, 6.45) is 9.90. The number of ether oxygens (including phenoxy) is 1. The van der Waals surface area contributed by atoms with E-state index in [0.717, 1.165) is 0 Å². The summed E-state index contributed by atoms with van der Waals surface area (Å²) in [7, 11) is 1.72. The molecule has 1 aliphatic rings. The molecule has 1 heterocycles. The highest BCUT2D eigenvalue weighted by Crippen LogP contribution is 2.19. The number of aromatic nitrogens is 2. The first-order valence-electron chi connectivity index (χ1n) is 6.64. The van der Waals surface area contributed by atoms with Gasteiger partial charge < -0.3 is 14.6 Å². The molecule has 0 saturated heterocycles. The molecule has 5 nitrogen and oxygen atoms in total. The molecule has 2 rings (SSSR count). The Morgan fingerprint density at radius 1 is 1.44 bits per heavy atom. The second-order valence-electron chi connectivity index (χ2n) is 4.75. The molecular weight excluding hydrogens is 230 g/mol. The van der Waals surface area contributed by atoms with Crippen LogP contribution in [0.5, 0.6) is 0 Å². The third-order valence-corrected chi connectivity index (χ3v) is 3.32. The summed E-state index contributed by atoms with van der Waals surface area (Å²) < 4.78 is 7.29. The summed E-state index contributed by atoms with van der Waals surface area (Å²) in [5, 5.41) is 3.02. The largest absolute Gasteiger partial charge is 0.376 e. The van der Waals surface area contributed by atoms with E-state index in [1.807, 2.05) is 0 Å². The highest BCUT2D eigenvalue weighted by molar-refractivity contribution is 5.30.